The first kappa shape index (κ1) is 10.8. The summed E-state index contributed by atoms with van der Waals surface area (Å²) in [6.45, 7) is 0. The number of carboxylic acid groups (broad SMARTS) is 1. The summed E-state index contributed by atoms with van der Waals surface area (Å²) < 4.78 is 0. The number of fused-ring (bicyclic) bond motifs is 1. The summed E-state index contributed by atoms with van der Waals surface area (Å²) in [5, 5.41) is 9.38. The van der Waals surface area contributed by atoms with E-state index in [1.54, 1.807) is 0 Å². The number of carboxylic acids is 1. The molecule has 1 aliphatic rings. The number of hydrogen-bond donors (Lipinski definition) is 1. The number of aliphatic carboxylic acids is 1. The summed E-state index contributed by atoms with van der Waals surface area (Å²) in [6, 6.07) is 17.0. The van der Waals surface area contributed by atoms with Gasteiger partial charge in [0.15, 0.2) is 0 Å². The van der Waals surface area contributed by atoms with Crippen molar-refractivity contribution in [2.75, 3.05) is 4.90 Å². The third kappa shape index (κ3) is 1.64. The van der Waals surface area contributed by atoms with E-state index in [0.29, 0.717) is 6.42 Å². The van der Waals surface area contributed by atoms with Crippen LogP contribution in [0.5, 0.6) is 0 Å². The van der Waals surface area contributed by atoms with Gasteiger partial charge in [-0.15, -0.1) is 0 Å². The fourth-order valence-electron chi connectivity index (χ4n) is 2.49. The lowest BCUT2D eigenvalue weighted by atomic mass is 10.1. The van der Waals surface area contributed by atoms with Crippen molar-refractivity contribution in [3.63, 3.8) is 0 Å². The van der Waals surface area contributed by atoms with Crippen molar-refractivity contribution in [3.8, 4) is 0 Å². The summed E-state index contributed by atoms with van der Waals surface area (Å²) in [7, 11) is 0. The molecule has 0 saturated carbocycles. The van der Waals surface area contributed by atoms with E-state index in [4.69, 9.17) is 0 Å². The largest absolute Gasteiger partial charge is 0.480 e. The molecule has 1 aliphatic heterocycles. The Morgan fingerprint density at radius 2 is 1.72 bits per heavy atom. The van der Waals surface area contributed by atoms with Gasteiger partial charge in [0.1, 0.15) is 6.04 Å². The Kier molecular flexibility index (Phi) is 2.52. The van der Waals surface area contributed by atoms with Gasteiger partial charge < -0.3 is 10.0 Å². The number of para-hydroxylation sites is 2. The summed E-state index contributed by atoms with van der Waals surface area (Å²) in [4.78, 5) is 13.3. The second-order valence-electron chi connectivity index (χ2n) is 4.39. The van der Waals surface area contributed by atoms with Crippen LogP contribution in [0.1, 0.15) is 5.56 Å². The molecule has 90 valence electrons. The summed E-state index contributed by atoms with van der Waals surface area (Å²) in [5.41, 5.74) is 3.01. The predicted molar refractivity (Wildman–Crippen MR) is 70.2 cm³/mol. The van der Waals surface area contributed by atoms with Crippen LogP contribution in [0.2, 0.25) is 0 Å². The van der Waals surface area contributed by atoms with Crippen LogP contribution >= 0.6 is 0 Å². The van der Waals surface area contributed by atoms with Crippen LogP contribution in [0.25, 0.3) is 0 Å². The van der Waals surface area contributed by atoms with Crippen LogP contribution in [-0.4, -0.2) is 17.1 Å². The van der Waals surface area contributed by atoms with Crippen molar-refractivity contribution in [2.24, 2.45) is 0 Å². The summed E-state index contributed by atoms with van der Waals surface area (Å²) in [6.07, 6.45) is 0.556. The zero-order chi connectivity index (χ0) is 12.5. The Morgan fingerprint density at radius 1 is 1.06 bits per heavy atom. The summed E-state index contributed by atoms with van der Waals surface area (Å²) >= 11 is 0. The van der Waals surface area contributed by atoms with E-state index in [1.165, 1.54) is 0 Å². The lowest BCUT2D eigenvalue weighted by Gasteiger charge is -2.24. The highest BCUT2D eigenvalue weighted by Gasteiger charge is 2.34. The molecule has 0 bridgehead atoms. The zero-order valence-corrected chi connectivity index (χ0v) is 9.78. The maximum atomic E-state index is 11.4. The monoisotopic (exact) mass is 239 g/mol. The van der Waals surface area contributed by atoms with Crippen LogP contribution in [0.4, 0.5) is 11.4 Å². The first-order valence-electron chi connectivity index (χ1n) is 5.92. The number of rotatable bonds is 2. The molecule has 0 unspecified atom stereocenters. The minimum atomic E-state index is -0.782. The number of nitrogens with zero attached hydrogens (tertiary/aromatic N) is 1. The highest BCUT2D eigenvalue weighted by molar-refractivity contribution is 5.87. The molecule has 0 spiro atoms. The number of anilines is 2. The van der Waals surface area contributed by atoms with Crippen LogP contribution in [0, 0.1) is 0 Å². The van der Waals surface area contributed by atoms with E-state index >= 15 is 0 Å². The second kappa shape index (κ2) is 4.18. The van der Waals surface area contributed by atoms with Gasteiger partial charge in [-0.3, -0.25) is 0 Å². The highest BCUT2D eigenvalue weighted by atomic mass is 16.4. The van der Waals surface area contributed by atoms with Gasteiger partial charge in [0.25, 0.3) is 0 Å². The van der Waals surface area contributed by atoms with E-state index in [2.05, 4.69) is 0 Å². The molecule has 3 nitrogen and oxygen atoms in total. The maximum Gasteiger partial charge on any atom is 0.327 e. The Hall–Kier alpha value is -2.29. The normalized spacial score (nSPS) is 17.6. The topological polar surface area (TPSA) is 40.5 Å². The fourth-order valence-corrected chi connectivity index (χ4v) is 2.49. The lowest BCUT2D eigenvalue weighted by molar-refractivity contribution is -0.138. The minimum absolute atomic E-state index is 0.509. The molecule has 0 saturated heterocycles. The Morgan fingerprint density at radius 3 is 2.44 bits per heavy atom. The quantitative estimate of drug-likeness (QED) is 0.876. The molecule has 0 fully saturated rings. The molecule has 18 heavy (non-hydrogen) atoms. The van der Waals surface area contributed by atoms with Crippen molar-refractivity contribution in [3.05, 3.63) is 60.2 Å². The lowest BCUT2D eigenvalue weighted by Crippen LogP contribution is -2.35. The molecule has 3 heteroatoms. The average Bonchev–Trinajstić information content (AvgIpc) is 2.79. The first-order valence-corrected chi connectivity index (χ1v) is 5.92. The molecule has 3 rings (SSSR count). The molecule has 2 aromatic carbocycles. The van der Waals surface area contributed by atoms with E-state index in [1.807, 2.05) is 59.5 Å². The average molecular weight is 239 g/mol. The number of benzene rings is 2. The third-order valence-corrected chi connectivity index (χ3v) is 3.30. The molecular formula is C15H13NO2. The van der Waals surface area contributed by atoms with Crippen LogP contribution in [0.3, 0.4) is 0 Å². The molecule has 0 aromatic heterocycles. The van der Waals surface area contributed by atoms with Gasteiger partial charge in [-0.2, -0.15) is 0 Å². The fraction of sp³-hybridized carbons (Fsp3) is 0.133. The van der Waals surface area contributed by atoms with Crippen molar-refractivity contribution < 1.29 is 9.90 Å². The van der Waals surface area contributed by atoms with E-state index < -0.39 is 12.0 Å². The van der Waals surface area contributed by atoms with Crippen molar-refractivity contribution in [2.45, 2.75) is 12.5 Å². The Balaban J connectivity index is 2.11. The smallest absolute Gasteiger partial charge is 0.327 e. The molecule has 0 amide bonds. The molecule has 1 heterocycles. The molecule has 0 aliphatic carbocycles. The van der Waals surface area contributed by atoms with Crippen molar-refractivity contribution >= 4 is 17.3 Å². The Bertz CT molecular complexity index is 580. The van der Waals surface area contributed by atoms with Gasteiger partial charge in [-0.25, -0.2) is 4.79 Å². The Labute approximate surface area is 105 Å². The standard InChI is InChI=1S/C15H13NO2/c17-15(18)14-10-11-6-4-5-9-13(11)16(14)12-7-2-1-3-8-12/h1-9,14H,10H2,(H,17,18)/t14-/m0/s1. The first-order chi connectivity index (χ1) is 8.77. The minimum Gasteiger partial charge on any atom is -0.480 e. The van der Waals surface area contributed by atoms with Crippen molar-refractivity contribution in [1.29, 1.82) is 0 Å². The van der Waals surface area contributed by atoms with E-state index in [9.17, 15) is 9.90 Å². The van der Waals surface area contributed by atoms with E-state index in [0.717, 1.165) is 16.9 Å². The second-order valence-corrected chi connectivity index (χ2v) is 4.39. The predicted octanol–water partition coefficient (Wildman–Crippen LogP) is 2.83. The third-order valence-electron chi connectivity index (χ3n) is 3.30. The molecular weight excluding hydrogens is 226 g/mol. The van der Waals surface area contributed by atoms with Gasteiger partial charge in [-0.1, -0.05) is 36.4 Å². The summed E-state index contributed by atoms with van der Waals surface area (Å²) in [5.74, 6) is -0.782. The maximum absolute atomic E-state index is 11.4. The van der Waals surface area contributed by atoms with Gasteiger partial charge in [-0.05, 0) is 23.8 Å². The van der Waals surface area contributed by atoms with Gasteiger partial charge in [0.2, 0.25) is 0 Å². The van der Waals surface area contributed by atoms with Gasteiger partial charge in [0, 0.05) is 17.8 Å². The van der Waals surface area contributed by atoms with Gasteiger partial charge >= 0.3 is 5.97 Å². The zero-order valence-electron chi connectivity index (χ0n) is 9.78. The highest BCUT2D eigenvalue weighted by Crippen LogP contribution is 2.37. The molecule has 1 N–H and O–H groups in total. The van der Waals surface area contributed by atoms with Crippen LogP contribution < -0.4 is 4.90 Å². The van der Waals surface area contributed by atoms with Crippen LogP contribution in [0.15, 0.2) is 54.6 Å². The molecule has 2 aromatic rings. The van der Waals surface area contributed by atoms with Gasteiger partial charge in [0.05, 0.1) is 0 Å². The van der Waals surface area contributed by atoms with Crippen LogP contribution in [-0.2, 0) is 11.2 Å². The van der Waals surface area contributed by atoms with Crippen molar-refractivity contribution in [1.82, 2.24) is 0 Å². The number of carbonyl (C=O) groups is 1. The number of hydrogen-bond acceptors (Lipinski definition) is 2. The molecule has 0 radical (unpaired) electrons. The SMILES string of the molecule is O=C(O)[C@@H]1Cc2ccccc2N1c1ccccc1. The van der Waals surface area contributed by atoms with E-state index in [-0.39, 0.29) is 0 Å². The molecule has 1 atom stereocenters.